The molecule has 1 heteroatoms. The van der Waals surface area contributed by atoms with Crippen LogP contribution in [0, 0.1) is 0 Å². The SMILES string of the molecule is CCCC1=Cc2ccccc2[CH]1[Hf][c]1cccc2c1C(CCC)c1ccccc1-2. The Hall–Kier alpha value is -1.73. The van der Waals surface area contributed by atoms with Crippen molar-refractivity contribution in [1.82, 2.24) is 0 Å². The van der Waals surface area contributed by atoms with Gasteiger partial charge in [0.15, 0.2) is 0 Å². The molecule has 0 aliphatic heterocycles. The third kappa shape index (κ3) is 3.32. The Morgan fingerprint density at radius 3 is 2.34 bits per heavy atom. The number of allylic oxidation sites excluding steroid dienone is 1. The Balaban J connectivity index is 1.58. The van der Waals surface area contributed by atoms with Crippen LogP contribution in [0.3, 0.4) is 0 Å². The summed E-state index contributed by atoms with van der Waals surface area (Å²) in [5.74, 6) is 0.602. The summed E-state index contributed by atoms with van der Waals surface area (Å²) >= 11 is -1.10. The first-order chi connectivity index (χ1) is 14.3. The van der Waals surface area contributed by atoms with Gasteiger partial charge in [-0.05, 0) is 0 Å². The molecule has 0 N–H and O–H groups in total. The van der Waals surface area contributed by atoms with Crippen LogP contribution in [0.1, 0.15) is 71.4 Å². The van der Waals surface area contributed by atoms with Crippen molar-refractivity contribution in [2.24, 2.45) is 0 Å². The molecule has 0 bridgehead atoms. The maximum absolute atomic E-state index is 2.51. The van der Waals surface area contributed by atoms with E-state index in [4.69, 9.17) is 0 Å². The summed E-state index contributed by atoms with van der Waals surface area (Å²) in [6, 6.07) is 25.5. The molecule has 0 amide bonds. The van der Waals surface area contributed by atoms with E-state index in [2.05, 4.69) is 86.7 Å². The van der Waals surface area contributed by atoms with Crippen molar-refractivity contribution in [3.63, 3.8) is 0 Å². The van der Waals surface area contributed by atoms with Gasteiger partial charge in [0.1, 0.15) is 0 Å². The number of hydrogen-bond acceptors (Lipinski definition) is 0. The zero-order valence-electron chi connectivity index (χ0n) is 17.4. The quantitative estimate of drug-likeness (QED) is 0.288. The Morgan fingerprint density at radius 2 is 1.52 bits per heavy atom. The summed E-state index contributed by atoms with van der Waals surface area (Å²) in [5.41, 5.74) is 11.1. The molecule has 0 spiro atoms. The number of benzene rings is 3. The Morgan fingerprint density at radius 1 is 0.759 bits per heavy atom. The van der Waals surface area contributed by atoms with E-state index in [9.17, 15) is 0 Å². The van der Waals surface area contributed by atoms with Gasteiger partial charge < -0.3 is 0 Å². The van der Waals surface area contributed by atoms with Crippen LogP contribution >= 0.6 is 0 Å². The second-order valence-corrected chi connectivity index (χ2v) is 13.4. The molecule has 3 aromatic rings. The van der Waals surface area contributed by atoms with E-state index in [1.54, 1.807) is 25.6 Å². The molecule has 2 aliphatic rings. The van der Waals surface area contributed by atoms with E-state index in [-0.39, 0.29) is 0 Å². The first-order valence-electron chi connectivity index (χ1n) is 11.1. The van der Waals surface area contributed by atoms with Gasteiger partial charge in [-0.1, -0.05) is 0 Å². The van der Waals surface area contributed by atoms with Crippen molar-refractivity contribution >= 4 is 9.40 Å². The van der Waals surface area contributed by atoms with Crippen LogP contribution in [-0.4, -0.2) is 0 Å². The fraction of sp³-hybridized carbons (Fsp3) is 0.286. The molecule has 29 heavy (non-hydrogen) atoms. The minimum atomic E-state index is -1.10. The molecule has 2 unspecified atom stereocenters. The summed E-state index contributed by atoms with van der Waals surface area (Å²) in [6.45, 7) is 4.66. The van der Waals surface area contributed by atoms with Crippen LogP contribution in [0.25, 0.3) is 17.2 Å². The van der Waals surface area contributed by atoms with Crippen LogP contribution in [0.15, 0.2) is 72.3 Å². The second-order valence-electron chi connectivity index (χ2n) is 8.37. The zero-order chi connectivity index (χ0) is 19.8. The van der Waals surface area contributed by atoms with Gasteiger partial charge in [-0.2, -0.15) is 0 Å². The van der Waals surface area contributed by atoms with Gasteiger partial charge in [0.2, 0.25) is 0 Å². The molecule has 0 heterocycles. The molecule has 144 valence electrons. The minimum absolute atomic E-state index is 0.602. The van der Waals surface area contributed by atoms with Gasteiger partial charge in [0.05, 0.1) is 0 Å². The van der Waals surface area contributed by atoms with Crippen molar-refractivity contribution in [3.05, 3.63) is 94.6 Å². The van der Waals surface area contributed by atoms with E-state index >= 15 is 0 Å². The third-order valence-electron chi connectivity index (χ3n) is 6.52. The molecule has 0 radical (unpaired) electrons. The average Bonchev–Trinajstić information content (AvgIpc) is 3.26. The van der Waals surface area contributed by atoms with Crippen molar-refractivity contribution in [1.29, 1.82) is 0 Å². The van der Waals surface area contributed by atoms with Crippen molar-refractivity contribution in [2.45, 2.75) is 49.1 Å². The van der Waals surface area contributed by atoms with Gasteiger partial charge in [-0.3, -0.25) is 0 Å². The second kappa shape index (κ2) is 8.19. The molecular formula is C28H28Hf. The summed E-state index contributed by atoms with van der Waals surface area (Å²) in [7, 11) is 0. The van der Waals surface area contributed by atoms with Gasteiger partial charge >= 0.3 is 187 Å². The van der Waals surface area contributed by atoms with Crippen molar-refractivity contribution < 1.29 is 22.9 Å². The summed E-state index contributed by atoms with van der Waals surface area (Å²) < 4.78 is 2.48. The number of fused-ring (bicyclic) bond motifs is 4. The van der Waals surface area contributed by atoms with Gasteiger partial charge in [0.25, 0.3) is 0 Å². The normalized spacial score (nSPS) is 18.8. The summed E-state index contributed by atoms with van der Waals surface area (Å²) in [6.07, 6.45) is 7.52. The molecule has 0 nitrogen and oxygen atoms in total. The van der Waals surface area contributed by atoms with E-state index in [0.29, 0.717) is 5.92 Å². The fourth-order valence-corrected chi connectivity index (χ4v) is 11.8. The van der Waals surface area contributed by atoms with E-state index in [1.807, 2.05) is 0 Å². The van der Waals surface area contributed by atoms with E-state index in [1.165, 1.54) is 42.4 Å². The third-order valence-corrected chi connectivity index (χ3v) is 12.7. The molecule has 3 aromatic carbocycles. The Kier molecular flexibility index (Phi) is 5.43. The molecule has 0 aromatic heterocycles. The van der Waals surface area contributed by atoms with Gasteiger partial charge in [-0.25, -0.2) is 0 Å². The molecule has 2 aliphatic carbocycles. The van der Waals surface area contributed by atoms with Gasteiger partial charge in [-0.15, -0.1) is 0 Å². The Bertz CT molecular complexity index is 1080. The van der Waals surface area contributed by atoms with Crippen LogP contribution < -0.4 is 3.32 Å². The van der Waals surface area contributed by atoms with Crippen LogP contribution in [0.4, 0.5) is 0 Å². The predicted octanol–water partition coefficient (Wildman–Crippen LogP) is 7.25. The average molecular weight is 543 g/mol. The van der Waals surface area contributed by atoms with E-state index in [0.717, 1.165) is 3.67 Å². The van der Waals surface area contributed by atoms with Crippen molar-refractivity contribution in [3.8, 4) is 11.1 Å². The maximum atomic E-state index is 2.51. The zero-order valence-corrected chi connectivity index (χ0v) is 21.0. The summed E-state index contributed by atoms with van der Waals surface area (Å²) in [4.78, 5) is 0. The predicted molar refractivity (Wildman–Crippen MR) is 120 cm³/mol. The molecule has 0 saturated carbocycles. The standard InChI is InChI=1S/C16H15.C12H13.Hf/c1-2-7-12-13-8-3-5-10-15(13)16-11-6-4-9-14(12)16;1-2-5-10-8-11-6-3-4-7-12(11)9-10;/h3-6,8,10-12H,2,7H2,1H3;3-4,6-9H,2,5H2,1H3;. The number of hydrogen-bond donors (Lipinski definition) is 0. The van der Waals surface area contributed by atoms with Crippen LogP contribution in [0.5, 0.6) is 0 Å². The molecule has 5 rings (SSSR count). The molecule has 0 fully saturated rings. The fourth-order valence-electron chi connectivity index (χ4n) is 5.31. The molecule has 2 atom stereocenters. The first-order valence-corrected chi connectivity index (χ1v) is 15.0. The molecular weight excluding hydrogens is 515 g/mol. The monoisotopic (exact) mass is 544 g/mol. The van der Waals surface area contributed by atoms with Gasteiger partial charge in [0, 0.05) is 0 Å². The van der Waals surface area contributed by atoms with Crippen LogP contribution in [0.2, 0.25) is 0 Å². The number of rotatable bonds is 6. The summed E-state index contributed by atoms with van der Waals surface area (Å²) in [5, 5.41) is 0. The van der Waals surface area contributed by atoms with Crippen LogP contribution in [-0.2, 0) is 22.9 Å². The van der Waals surface area contributed by atoms with Crippen molar-refractivity contribution in [2.75, 3.05) is 0 Å². The van der Waals surface area contributed by atoms with E-state index < -0.39 is 22.9 Å². The Labute approximate surface area is 186 Å². The molecule has 0 saturated heterocycles. The first kappa shape index (κ1) is 19.2. The topological polar surface area (TPSA) is 0 Å².